The summed E-state index contributed by atoms with van der Waals surface area (Å²) in [5.74, 6) is 0.151. The second-order valence-corrected chi connectivity index (χ2v) is 6.06. The third kappa shape index (κ3) is 1.84. The van der Waals surface area contributed by atoms with Crippen LogP contribution in [0, 0.1) is 0 Å². The van der Waals surface area contributed by atoms with Crippen molar-refractivity contribution in [3.63, 3.8) is 0 Å². The molecule has 0 N–H and O–H groups in total. The van der Waals surface area contributed by atoms with Crippen molar-refractivity contribution >= 4 is 22.2 Å². The number of carbonyl (C=O) groups is 1. The maximum Gasteiger partial charge on any atom is 0.194 e. The summed E-state index contributed by atoms with van der Waals surface area (Å²) in [6, 6.07) is 18.5. The zero-order valence-electron chi connectivity index (χ0n) is 12.8. The quantitative estimate of drug-likeness (QED) is 0.526. The van der Waals surface area contributed by atoms with E-state index in [1.54, 1.807) is 0 Å². The molecule has 0 unspecified atom stereocenters. The SMILES string of the molecule is CN(C)c1ccc2ccc3c(c2c1)C(=O)c1ccccc1C3. The lowest BCUT2D eigenvalue weighted by molar-refractivity contribution is 0.103. The van der Waals surface area contributed by atoms with Crippen LogP contribution in [-0.4, -0.2) is 19.9 Å². The van der Waals surface area contributed by atoms with Gasteiger partial charge in [0.2, 0.25) is 0 Å². The second-order valence-electron chi connectivity index (χ2n) is 6.06. The number of hydrogen-bond donors (Lipinski definition) is 0. The first-order valence-corrected chi connectivity index (χ1v) is 7.51. The molecule has 3 aromatic carbocycles. The highest BCUT2D eigenvalue weighted by Gasteiger charge is 2.24. The van der Waals surface area contributed by atoms with Crippen LogP contribution in [0.5, 0.6) is 0 Å². The Morgan fingerprint density at radius 1 is 0.909 bits per heavy atom. The van der Waals surface area contributed by atoms with E-state index >= 15 is 0 Å². The lowest BCUT2D eigenvalue weighted by Crippen LogP contribution is -2.16. The van der Waals surface area contributed by atoms with Crippen LogP contribution in [0.15, 0.2) is 54.6 Å². The van der Waals surface area contributed by atoms with Gasteiger partial charge >= 0.3 is 0 Å². The van der Waals surface area contributed by atoms with Crippen LogP contribution in [0.2, 0.25) is 0 Å². The smallest absolute Gasteiger partial charge is 0.194 e. The number of fused-ring (bicyclic) bond motifs is 4. The second kappa shape index (κ2) is 4.70. The lowest BCUT2D eigenvalue weighted by atomic mass is 9.82. The van der Waals surface area contributed by atoms with E-state index in [9.17, 15) is 4.79 Å². The molecule has 2 heteroatoms. The Labute approximate surface area is 130 Å². The molecule has 0 saturated heterocycles. The highest BCUT2D eigenvalue weighted by Crippen LogP contribution is 2.33. The number of rotatable bonds is 1. The summed E-state index contributed by atoms with van der Waals surface area (Å²) in [5, 5.41) is 2.18. The molecule has 0 fully saturated rings. The summed E-state index contributed by atoms with van der Waals surface area (Å²) in [6.07, 6.45) is 0.833. The van der Waals surface area contributed by atoms with Gasteiger partial charge < -0.3 is 4.90 Å². The number of anilines is 1. The first kappa shape index (κ1) is 13.1. The zero-order valence-corrected chi connectivity index (χ0v) is 12.8. The van der Waals surface area contributed by atoms with E-state index < -0.39 is 0 Å². The van der Waals surface area contributed by atoms with Gasteiger partial charge in [-0.15, -0.1) is 0 Å². The van der Waals surface area contributed by atoms with Crippen LogP contribution >= 0.6 is 0 Å². The average Bonchev–Trinajstić information content (AvgIpc) is 2.54. The Morgan fingerprint density at radius 3 is 2.50 bits per heavy atom. The van der Waals surface area contributed by atoms with Crippen molar-refractivity contribution in [3.05, 3.63) is 76.9 Å². The topological polar surface area (TPSA) is 20.3 Å². The zero-order chi connectivity index (χ0) is 15.3. The molecule has 0 amide bonds. The summed E-state index contributed by atoms with van der Waals surface area (Å²) in [6.45, 7) is 0. The van der Waals surface area contributed by atoms with Gasteiger partial charge in [-0.2, -0.15) is 0 Å². The minimum atomic E-state index is 0.151. The molecule has 0 aromatic heterocycles. The maximum absolute atomic E-state index is 13.0. The first-order valence-electron chi connectivity index (χ1n) is 7.51. The van der Waals surface area contributed by atoms with Gasteiger partial charge in [0.15, 0.2) is 5.78 Å². The van der Waals surface area contributed by atoms with Crippen molar-refractivity contribution in [2.45, 2.75) is 6.42 Å². The van der Waals surface area contributed by atoms with Crippen molar-refractivity contribution in [2.24, 2.45) is 0 Å². The van der Waals surface area contributed by atoms with Crippen LogP contribution in [0.4, 0.5) is 5.69 Å². The van der Waals surface area contributed by atoms with E-state index in [1.807, 2.05) is 32.3 Å². The molecule has 1 aliphatic carbocycles. The molecule has 0 saturated carbocycles. The highest BCUT2D eigenvalue weighted by molar-refractivity contribution is 6.19. The van der Waals surface area contributed by atoms with Crippen LogP contribution in [0.3, 0.4) is 0 Å². The average molecular weight is 287 g/mol. The molecule has 22 heavy (non-hydrogen) atoms. The predicted molar refractivity (Wildman–Crippen MR) is 91.0 cm³/mol. The molecule has 4 rings (SSSR count). The summed E-state index contributed by atoms with van der Waals surface area (Å²) in [5.41, 5.74) is 5.10. The van der Waals surface area contributed by atoms with Gasteiger partial charge in [-0.05, 0) is 40.5 Å². The van der Waals surface area contributed by atoms with Crippen LogP contribution in [0.1, 0.15) is 27.0 Å². The van der Waals surface area contributed by atoms with Gasteiger partial charge in [0.1, 0.15) is 0 Å². The van der Waals surface area contributed by atoms with E-state index in [0.717, 1.165) is 45.1 Å². The molecule has 0 spiro atoms. The number of ketones is 1. The first-order chi connectivity index (χ1) is 10.6. The summed E-state index contributed by atoms with van der Waals surface area (Å²) in [4.78, 5) is 15.1. The fraction of sp³-hybridized carbons (Fsp3) is 0.150. The Balaban J connectivity index is 2.01. The minimum absolute atomic E-state index is 0.151. The van der Waals surface area contributed by atoms with E-state index in [0.29, 0.717) is 0 Å². The normalized spacial score (nSPS) is 12.9. The molecule has 0 aliphatic heterocycles. The molecule has 108 valence electrons. The fourth-order valence-corrected chi connectivity index (χ4v) is 3.28. The maximum atomic E-state index is 13.0. The van der Waals surface area contributed by atoms with Crippen LogP contribution in [0.25, 0.3) is 10.8 Å². The Hall–Kier alpha value is -2.61. The summed E-state index contributed by atoms with van der Waals surface area (Å²) >= 11 is 0. The number of carbonyl (C=O) groups excluding carboxylic acids is 1. The van der Waals surface area contributed by atoms with Crippen molar-refractivity contribution in [3.8, 4) is 0 Å². The molecule has 0 bridgehead atoms. The van der Waals surface area contributed by atoms with Crippen molar-refractivity contribution in [1.82, 2.24) is 0 Å². The fourth-order valence-electron chi connectivity index (χ4n) is 3.28. The minimum Gasteiger partial charge on any atom is -0.378 e. The van der Waals surface area contributed by atoms with Crippen molar-refractivity contribution < 1.29 is 4.79 Å². The number of hydrogen-bond acceptors (Lipinski definition) is 2. The molecule has 0 atom stereocenters. The largest absolute Gasteiger partial charge is 0.378 e. The third-order valence-electron chi connectivity index (χ3n) is 4.48. The van der Waals surface area contributed by atoms with Crippen LogP contribution < -0.4 is 4.90 Å². The Kier molecular flexibility index (Phi) is 2.80. The van der Waals surface area contributed by atoms with Gasteiger partial charge in [-0.25, -0.2) is 0 Å². The molecule has 0 heterocycles. The highest BCUT2D eigenvalue weighted by atomic mass is 16.1. The summed E-state index contributed by atoms with van der Waals surface area (Å²) < 4.78 is 0. The van der Waals surface area contributed by atoms with E-state index in [2.05, 4.69) is 41.3 Å². The van der Waals surface area contributed by atoms with Crippen molar-refractivity contribution in [1.29, 1.82) is 0 Å². The standard InChI is InChI=1S/C20H17NO/c1-21(2)16-10-9-13-7-8-15-11-14-5-3-4-6-17(14)20(22)19(15)18(13)12-16/h3-10,12H,11H2,1-2H3. The van der Waals surface area contributed by atoms with E-state index in [-0.39, 0.29) is 5.78 Å². The molecular weight excluding hydrogens is 270 g/mol. The molecule has 2 nitrogen and oxygen atoms in total. The lowest BCUT2D eigenvalue weighted by Gasteiger charge is -2.21. The van der Waals surface area contributed by atoms with Gasteiger partial charge in [0, 0.05) is 30.9 Å². The summed E-state index contributed by atoms with van der Waals surface area (Å²) in [7, 11) is 4.04. The molecule has 1 aliphatic rings. The van der Waals surface area contributed by atoms with Crippen LogP contribution in [-0.2, 0) is 6.42 Å². The Bertz CT molecular complexity index is 909. The monoisotopic (exact) mass is 287 g/mol. The van der Waals surface area contributed by atoms with Gasteiger partial charge in [0.25, 0.3) is 0 Å². The van der Waals surface area contributed by atoms with Gasteiger partial charge in [-0.1, -0.05) is 42.5 Å². The Morgan fingerprint density at radius 2 is 1.68 bits per heavy atom. The predicted octanol–water partition coefficient (Wildman–Crippen LogP) is 4.04. The van der Waals surface area contributed by atoms with Crippen molar-refractivity contribution in [2.75, 3.05) is 19.0 Å². The van der Waals surface area contributed by atoms with Gasteiger partial charge in [0.05, 0.1) is 0 Å². The third-order valence-corrected chi connectivity index (χ3v) is 4.48. The van der Waals surface area contributed by atoms with Gasteiger partial charge in [-0.3, -0.25) is 4.79 Å². The molecule has 3 aromatic rings. The molecular formula is C20H17NO. The number of benzene rings is 3. The van der Waals surface area contributed by atoms with E-state index in [1.165, 1.54) is 0 Å². The number of nitrogens with zero attached hydrogens (tertiary/aromatic N) is 1. The van der Waals surface area contributed by atoms with E-state index in [4.69, 9.17) is 0 Å². The molecule has 0 radical (unpaired) electrons.